The lowest BCUT2D eigenvalue weighted by atomic mass is 10.00. The van der Waals surface area contributed by atoms with Crippen molar-refractivity contribution in [2.45, 2.75) is 26.4 Å². The normalized spacial score (nSPS) is 19.6. The number of piperazine rings is 1. The van der Waals surface area contributed by atoms with E-state index >= 15 is 0 Å². The third-order valence-electron chi connectivity index (χ3n) is 4.66. The number of aliphatic hydroxyl groups is 1. The Bertz CT molecular complexity index is 510. The molecule has 6 nitrogen and oxygen atoms in total. The van der Waals surface area contributed by atoms with Crippen LogP contribution in [0.15, 0.2) is 21.8 Å². The van der Waals surface area contributed by atoms with Gasteiger partial charge in [0.25, 0.3) is 0 Å². The molecular weight excluding hydrogens is 334 g/mol. The Balaban J connectivity index is 1.78. The van der Waals surface area contributed by atoms with Crippen LogP contribution in [0.2, 0.25) is 0 Å². The molecule has 2 heterocycles. The van der Waals surface area contributed by atoms with Crippen LogP contribution in [0.25, 0.3) is 0 Å². The van der Waals surface area contributed by atoms with Gasteiger partial charge in [-0.15, -0.1) is 0 Å². The van der Waals surface area contributed by atoms with Gasteiger partial charge >= 0.3 is 0 Å². The molecule has 0 radical (unpaired) electrons. The third-order valence-corrected chi connectivity index (χ3v) is 5.35. The van der Waals surface area contributed by atoms with Gasteiger partial charge in [0, 0.05) is 45.8 Å². The summed E-state index contributed by atoms with van der Waals surface area (Å²) in [6.45, 7) is 14.9. The molecule has 2 rings (SSSR count). The van der Waals surface area contributed by atoms with E-state index in [2.05, 4.69) is 39.3 Å². The van der Waals surface area contributed by atoms with Crippen LogP contribution in [0.5, 0.6) is 0 Å². The lowest BCUT2D eigenvalue weighted by Gasteiger charge is -2.34. The zero-order valence-corrected chi connectivity index (χ0v) is 16.6. The highest BCUT2D eigenvalue weighted by Crippen LogP contribution is 2.23. The van der Waals surface area contributed by atoms with E-state index in [9.17, 15) is 5.11 Å². The molecule has 0 aromatic carbocycles. The molecule has 0 bridgehead atoms. The third kappa shape index (κ3) is 6.58. The van der Waals surface area contributed by atoms with E-state index in [1.54, 1.807) is 11.3 Å². The van der Waals surface area contributed by atoms with Gasteiger partial charge < -0.3 is 20.6 Å². The molecule has 25 heavy (non-hydrogen) atoms. The second-order valence-corrected chi connectivity index (χ2v) is 7.46. The van der Waals surface area contributed by atoms with E-state index in [4.69, 9.17) is 0 Å². The number of rotatable bonds is 8. The smallest absolute Gasteiger partial charge is 0.191 e. The molecule has 0 spiro atoms. The van der Waals surface area contributed by atoms with Crippen molar-refractivity contribution in [2.75, 3.05) is 58.9 Å². The predicted molar refractivity (Wildman–Crippen MR) is 106 cm³/mol. The van der Waals surface area contributed by atoms with Gasteiger partial charge in [-0.3, -0.25) is 4.90 Å². The number of nitrogens with zero attached hydrogens (tertiary/aromatic N) is 3. The quantitative estimate of drug-likeness (QED) is 0.475. The first-order valence-corrected chi connectivity index (χ1v) is 10.2. The number of aliphatic imine (C=N–C) groups is 1. The molecule has 1 unspecified atom stereocenters. The maximum Gasteiger partial charge on any atom is 0.191 e. The van der Waals surface area contributed by atoms with Crippen molar-refractivity contribution < 1.29 is 5.11 Å². The number of nitrogens with one attached hydrogen (secondary N) is 2. The van der Waals surface area contributed by atoms with E-state index in [1.165, 1.54) is 0 Å². The van der Waals surface area contributed by atoms with Crippen molar-refractivity contribution in [2.24, 2.45) is 4.99 Å². The van der Waals surface area contributed by atoms with E-state index in [-0.39, 0.29) is 0 Å². The molecule has 0 aliphatic carbocycles. The SMILES string of the molecule is CCNC(=NCC(C)(O)c1ccsc1)NCCN1CCN(CC)CC1. The van der Waals surface area contributed by atoms with Crippen LogP contribution in [0.4, 0.5) is 0 Å². The van der Waals surface area contributed by atoms with Gasteiger partial charge in [0.2, 0.25) is 0 Å². The summed E-state index contributed by atoms with van der Waals surface area (Å²) in [5.41, 5.74) is -0.00959. The fraction of sp³-hybridized carbons (Fsp3) is 0.722. The largest absolute Gasteiger partial charge is 0.383 e. The van der Waals surface area contributed by atoms with Crippen LogP contribution in [0, 0.1) is 0 Å². The Morgan fingerprint density at radius 1 is 1.24 bits per heavy atom. The number of hydrogen-bond acceptors (Lipinski definition) is 5. The molecule has 1 aromatic heterocycles. The predicted octanol–water partition coefficient (Wildman–Crippen LogP) is 1.15. The second kappa shape index (κ2) is 10.1. The van der Waals surface area contributed by atoms with Crippen molar-refractivity contribution in [3.8, 4) is 0 Å². The highest BCUT2D eigenvalue weighted by atomic mass is 32.1. The average Bonchev–Trinajstić information content (AvgIpc) is 3.16. The molecular formula is C18H33N5OS. The maximum absolute atomic E-state index is 10.6. The van der Waals surface area contributed by atoms with Crippen LogP contribution in [-0.4, -0.2) is 79.8 Å². The van der Waals surface area contributed by atoms with Gasteiger partial charge in [-0.1, -0.05) is 6.92 Å². The lowest BCUT2D eigenvalue weighted by molar-refractivity contribution is 0.0677. The molecule has 1 aromatic rings. The summed E-state index contributed by atoms with van der Waals surface area (Å²) in [6, 6.07) is 1.95. The first kappa shape index (κ1) is 20.2. The van der Waals surface area contributed by atoms with Crippen LogP contribution in [-0.2, 0) is 5.60 Å². The van der Waals surface area contributed by atoms with Crippen molar-refractivity contribution in [3.05, 3.63) is 22.4 Å². The fourth-order valence-electron chi connectivity index (χ4n) is 2.90. The van der Waals surface area contributed by atoms with Gasteiger partial charge in [0.15, 0.2) is 5.96 Å². The van der Waals surface area contributed by atoms with Crippen LogP contribution < -0.4 is 10.6 Å². The molecule has 7 heteroatoms. The first-order chi connectivity index (χ1) is 12.0. The molecule has 0 amide bonds. The maximum atomic E-state index is 10.6. The lowest BCUT2D eigenvalue weighted by Crippen LogP contribution is -2.49. The highest BCUT2D eigenvalue weighted by Gasteiger charge is 2.23. The van der Waals surface area contributed by atoms with E-state index in [1.807, 2.05) is 23.8 Å². The van der Waals surface area contributed by atoms with Gasteiger partial charge in [-0.2, -0.15) is 11.3 Å². The summed E-state index contributed by atoms with van der Waals surface area (Å²) < 4.78 is 0. The minimum atomic E-state index is -0.932. The standard InChI is InChI=1S/C18H33N5OS/c1-4-19-17(21-15-18(3,24)16-6-13-25-14-16)20-7-8-23-11-9-22(5-2)10-12-23/h6,13-14,24H,4-5,7-12,15H2,1-3H3,(H2,19,20,21). The average molecular weight is 368 g/mol. The Labute approximate surface area is 155 Å². The fourth-order valence-corrected chi connectivity index (χ4v) is 3.68. The van der Waals surface area contributed by atoms with Gasteiger partial charge in [0.1, 0.15) is 5.60 Å². The zero-order valence-electron chi connectivity index (χ0n) is 15.8. The Morgan fingerprint density at radius 3 is 2.56 bits per heavy atom. The molecule has 1 aliphatic heterocycles. The van der Waals surface area contributed by atoms with E-state index in [0.29, 0.717) is 6.54 Å². The summed E-state index contributed by atoms with van der Waals surface area (Å²) in [5.74, 6) is 0.769. The van der Waals surface area contributed by atoms with Crippen molar-refractivity contribution >= 4 is 17.3 Å². The minimum Gasteiger partial charge on any atom is -0.383 e. The summed E-state index contributed by atoms with van der Waals surface area (Å²) >= 11 is 1.59. The van der Waals surface area contributed by atoms with Gasteiger partial charge in [0.05, 0.1) is 6.54 Å². The first-order valence-electron chi connectivity index (χ1n) is 9.27. The van der Waals surface area contributed by atoms with Gasteiger partial charge in [-0.25, -0.2) is 4.99 Å². The summed E-state index contributed by atoms with van der Waals surface area (Å²) in [4.78, 5) is 9.55. The number of hydrogen-bond donors (Lipinski definition) is 3. The minimum absolute atomic E-state index is 0.342. The summed E-state index contributed by atoms with van der Waals surface area (Å²) in [6.07, 6.45) is 0. The molecule has 1 fully saturated rings. The van der Waals surface area contributed by atoms with E-state index in [0.717, 1.165) is 63.9 Å². The molecule has 1 atom stereocenters. The number of likely N-dealkylation sites (N-methyl/N-ethyl adjacent to an activating group) is 1. The topological polar surface area (TPSA) is 63.1 Å². The van der Waals surface area contributed by atoms with Crippen LogP contribution in [0.1, 0.15) is 26.3 Å². The van der Waals surface area contributed by atoms with Crippen LogP contribution in [0.3, 0.4) is 0 Å². The molecule has 0 saturated carbocycles. The Hall–Kier alpha value is -1.15. The van der Waals surface area contributed by atoms with Gasteiger partial charge in [-0.05, 0) is 42.8 Å². The Kier molecular flexibility index (Phi) is 8.15. The van der Waals surface area contributed by atoms with Crippen molar-refractivity contribution in [1.29, 1.82) is 0 Å². The monoisotopic (exact) mass is 367 g/mol. The second-order valence-electron chi connectivity index (χ2n) is 6.68. The molecule has 1 saturated heterocycles. The zero-order chi connectivity index (χ0) is 18.1. The molecule has 142 valence electrons. The summed E-state index contributed by atoms with van der Waals surface area (Å²) in [5, 5.41) is 21.2. The number of thiophene rings is 1. The molecule has 3 N–H and O–H groups in total. The van der Waals surface area contributed by atoms with E-state index < -0.39 is 5.60 Å². The Morgan fingerprint density at radius 2 is 1.96 bits per heavy atom. The number of guanidine groups is 1. The summed E-state index contributed by atoms with van der Waals surface area (Å²) in [7, 11) is 0. The van der Waals surface area contributed by atoms with Crippen molar-refractivity contribution in [3.63, 3.8) is 0 Å². The molecule has 1 aliphatic rings. The van der Waals surface area contributed by atoms with Crippen molar-refractivity contribution in [1.82, 2.24) is 20.4 Å². The highest BCUT2D eigenvalue weighted by molar-refractivity contribution is 7.08. The van der Waals surface area contributed by atoms with Crippen LogP contribution >= 0.6 is 11.3 Å².